The Morgan fingerprint density at radius 1 is 1.71 bits per heavy atom. The van der Waals surface area contributed by atoms with Gasteiger partial charge in [0.1, 0.15) is 5.02 Å². The molecular formula is C8H5ClFIO3. The van der Waals surface area contributed by atoms with E-state index in [9.17, 15) is 14.3 Å². The Morgan fingerprint density at radius 2 is 2.29 bits per heavy atom. The van der Waals surface area contributed by atoms with E-state index >= 15 is 0 Å². The number of carbonyl (C=O) groups excluding carboxylic acids is 1. The van der Waals surface area contributed by atoms with E-state index in [0.717, 1.165) is 7.11 Å². The predicted octanol–water partition coefficient (Wildman–Crippen LogP) is 2.58. The monoisotopic (exact) mass is 330 g/mol. The number of hydrogen-bond donors (Lipinski definition) is 1. The maximum Gasteiger partial charge on any atom is 0.340 e. The van der Waals surface area contributed by atoms with Crippen LogP contribution in [-0.2, 0) is 4.74 Å². The lowest BCUT2D eigenvalue weighted by atomic mass is 10.2. The summed E-state index contributed by atoms with van der Waals surface area (Å²) < 4.78 is 17.9. The van der Waals surface area contributed by atoms with Crippen LogP contribution in [0.15, 0.2) is 6.07 Å². The molecular weight excluding hydrogens is 325 g/mol. The van der Waals surface area contributed by atoms with E-state index in [-0.39, 0.29) is 14.9 Å². The van der Waals surface area contributed by atoms with Crippen LogP contribution >= 0.6 is 34.2 Å². The predicted molar refractivity (Wildman–Crippen MR) is 57.1 cm³/mol. The highest BCUT2D eigenvalue weighted by Crippen LogP contribution is 2.33. The van der Waals surface area contributed by atoms with Gasteiger partial charge in [-0.1, -0.05) is 11.6 Å². The van der Waals surface area contributed by atoms with Crippen LogP contribution < -0.4 is 0 Å². The summed E-state index contributed by atoms with van der Waals surface area (Å²) in [7, 11) is 1.13. The quantitative estimate of drug-likeness (QED) is 0.489. The van der Waals surface area contributed by atoms with Gasteiger partial charge in [-0.2, -0.15) is 0 Å². The average molecular weight is 330 g/mol. The number of hydrogen-bond acceptors (Lipinski definition) is 3. The van der Waals surface area contributed by atoms with Crippen molar-refractivity contribution < 1.29 is 19.0 Å². The average Bonchev–Trinajstić information content (AvgIpc) is 2.19. The van der Waals surface area contributed by atoms with Crippen molar-refractivity contribution in [2.75, 3.05) is 7.11 Å². The normalized spacial score (nSPS) is 10.0. The van der Waals surface area contributed by atoms with Crippen LogP contribution in [0.3, 0.4) is 0 Å². The number of halogens is 3. The Hall–Kier alpha value is -0.560. The molecule has 0 aliphatic carbocycles. The van der Waals surface area contributed by atoms with Crippen LogP contribution in [0.25, 0.3) is 0 Å². The maximum absolute atomic E-state index is 13.3. The van der Waals surface area contributed by atoms with Crippen LogP contribution in [-0.4, -0.2) is 18.2 Å². The third-order valence-corrected chi connectivity index (χ3v) is 2.71. The summed E-state index contributed by atoms with van der Waals surface area (Å²) in [5.74, 6) is -2.18. The van der Waals surface area contributed by atoms with Crippen molar-refractivity contribution in [3.63, 3.8) is 0 Å². The van der Waals surface area contributed by atoms with E-state index in [4.69, 9.17) is 11.6 Å². The van der Waals surface area contributed by atoms with Gasteiger partial charge in [-0.3, -0.25) is 0 Å². The summed E-state index contributed by atoms with van der Waals surface area (Å²) in [5, 5.41) is 8.76. The lowest BCUT2D eigenvalue weighted by Crippen LogP contribution is -2.05. The zero-order valence-corrected chi connectivity index (χ0v) is 9.89. The summed E-state index contributed by atoms with van der Waals surface area (Å²) in [6.07, 6.45) is 0. The van der Waals surface area contributed by atoms with Gasteiger partial charge in [-0.25, -0.2) is 9.18 Å². The summed E-state index contributed by atoms with van der Waals surface area (Å²) in [6, 6.07) is 1.17. The van der Waals surface area contributed by atoms with Gasteiger partial charge in [0.2, 0.25) is 0 Å². The molecule has 0 atom stereocenters. The van der Waals surface area contributed by atoms with Crippen molar-refractivity contribution in [2.24, 2.45) is 0 Å². The lowest BCUT2D eigenvalue weighted by Gasteiger charge is -2.06. The second-order valence-electron chi connectivity index (χ2n) is 2.37. The van der Waals surface area contributed by atoms with E-state index in [1.165, 1.54) is 6.07 Å². The zero-order chi connectivity index (χ0) is 10.9. The number of aromatic hydroxyl groups is 1. The van der Waals surface area contributed by atoms with Crippen LogP contribution in [0.4, 0.5) is 4.39 Å². The molecule has 0 saturated heterocycles. The smallest absolute Gasteiger partial charge is 0.340 e. The Balaban J connectivity index is 3.40. The fourth-order valence-electron chi connectivity index (χ4n) is 0.844. The molecule has 0 saturated carbocycles. The van der Waals surface area contributed by atoms with Gasteiger partial charge < -0.3 is 9.84 Å². The molecule has 1 aromatic rings. The SMILES string of the molecule is COC(=O)c1cc(I)c(O)c(Cl)c1F. The Labute approximate surface area is 98.0 Å². The Kier molecular flexibility index (Phi) is 3.54. The second-order valence-corrected chi connectivity index (χ2v) is 3.91. The summed E-state index contributed by atoms with van der Waals surface area (Å²) in [6.45, 7) is 0. The number of benzene rings is 1. The summed E-state index contributed by atoms with van der Waals surface area (Å²) in [4.78, 5) is 11.0. The molecule has 0 aromatic heterocycles. The third-order valence-electron chi connectivity index (χ3n) is 1.54. The molecule has 0 radical (unpaired) electrons. The second kappa shape index (κ2) is 4.31. The molecule has 76 valence electrons. The highest BCUT2D eigenvalue weighted by molar-refractivity contribution is 14.1. The Morgan fingerprint density at radius 3 is 2.79 bits per heavy atom. The molecule has 1 aromatic carbocycles. The first-order valence-corrected chi connectivity index (χ1v) is 4.89. The zero-order valence-electron chi connectivity index (χ0n) is 6.97. The van der Waals surface area contributed by atoms with E-state index < -0.39 is 16.8 Å². The van der Waals surface area contributed by atoms with Gasteiger partial charge >= 0.3 is 5.97 Å². The van der Waals surface area contributed by atoms with Crippen LogP contribution in [0, 0.1) is 9.39 Å². The van der Waals surface area contributed by atoms with Crippen molar-refractivity contribution in [3.8, 4) is 5.75 Å². The minimum absolute atomic E-state index is 0.286. The fourth-order valence-corrected chi connectivity index (χ4v) is 1.79. The van der Waals surface area contributed by atoms with Gasteiger partial charge in [-0.05, 0) is 28.7 Å². The van der Waals surface area contributed by atoms with E-state index in [0.29, 0.717) is 0 Å². The molecule has 0 fully saturated rings. The first-order chi connectivity index (χ1) is 6.49. The highest BCUT2D eigenvalue weighted by atomic mass is 127. The number of ether oxygens (including phenoxy) is 1. The van der Waals surface area contributed by atoms with E-state index in [1.54, 1.807) is 22.6 Å². The van der Waals surface area contributed by atoms with Crippen molar-refractivity contribution in [3.05, 3.63) is 26.0 Å². The standard InChI is InChI=1S/C8H5ClFIO3/c1-14-8(13)3-2-4(11)7(12)5(9)6(3)10/h2,12H,1H3. The van der Waals surface area contributed by atoms with Crippen molar-refractivity contribution in [1.82, 2.24) is 0 Å². The van der Waals surface area contributed by atoms with Gasteiger partial charge in [0.05, 0.1) is 16.2 Å². The van der Waals surface area contributed by atoms with Crippen molar-refractivity contribution in [2.45, 2.75) is 0 Å². The van der Waals surface area contributed by atoms with E-state index in [2.05, 4.69) is 4.74 Å². The van der Waals surface area contributed by atoms with E-state index in [1.807, 2.05) is 0 Å². The van der Waals surface area contributed by atoms with Crippen molar-refractivity contribution >= 4 is 40.2 Å². The molecule has 1 rings (SSSR count). The molecule has 0 bridgehead atoms. The minimum Gasteiger partial charge on any atom is -0.505 e. The maximum atomic E-state index is 13.3. The molecule has 1 N–H and O–H groups in total. The highest BCUT2D eigenvalue weighted by Gasteiger charge is 2.20. The molecule has 0 amide bonds. The molecule has 0 aliphatic rings. The first kappa shape index (κ1) is 11.5. The Bertz CT molecular complexity index is 395. The van der Waals surface area contributed by atoms with Crippen LogP contribution in [0.1, 0.15) is 10.4 Å². The molecule has 0 heterocycles. The third kappa shape index (κ3) is 1.93. The minimum atomic E-state index is -0.976. The van der Waals surface area contributed by atoms with Gasteiger partial charge in [0.15, 0.2) is 11.6 Å². The molecule has 3 nitrogen and oxygen atoms in total. The molecule has 0 unspecified atom stereocenters. The largest absolute Gasteiger partial charge is 0.505 e. The van der Waals surface area contributed by atoms with Crippen LogP contribution in [0.5, 0.6) is 5.75 Å². The molecule has 0 aliphatic heterocycles. The van der Waals surface area contributed by atoms with Gasteiger partial charge in [0.25, 0.3) is 0 Å². The number of phenols is 1. The number of rotatable bonds is 1. The molecule has 0 spiro atoms. The number of methoxy groups -OCH3 is 1. The number of phenolic OH excluding ortho intramolecular Hbond substituents is 1. The molecule has 6 heteroatoms. The fraction of sp³-hybridized carbons (Fsp3) is 0.125. The summed E-state index contributed by atoms with van der Waals surface area (Å²) in [5.41, 5.74) is -0.292. The first-order valence-electron chi connectivity index (χ1n) is 3.43. The number of carbonyl (C=O) groups is 1. The molecule has 14 heavy (non-hydrogen) atoms. The summed E-state index contributed by atoms with van der Waals surface area (Å²) >= 11 is 7.18. The van der Waals surface area contributed by atoms with Crippen LogP contribution in [0.2, 0.25) is 5.02 Å². The van der Waals surface area contributed by atoms with Crippen molar-refractivity contribution in [1.29, 1.82) is 0 Å². The lowest BCUT2D eigenvalue weighted by molar-refractivity contribution is 0.0595. The topological polar surface area (TPSA) is 46.5 Å². The van der Waals surface area contributed by atoms with Gasteiger partial charge in [-0.15, -0.1) is 0 Å². The van der Waals surface area contributed by atoms with Gasteiger partial charge in [0, 0.05) is 0 Å². The number of esters is 1.